The Morgan fingerprint density at radius 2 is 1.00 bits per heavy atom. The van der Waals surface area contributed by atoms with Crippen LogP contribution in [0.2, 0.25) is 0 Å². The third-order valence-corrected chi connectivity index (χ3v) is 5.41. The Balaban J connectivity index is 0.000000258. The van der Waals surface area contributed by atoms with Crippen LogP contribution in [0.4, 0.5) is 0 Å². The van der Waals surface area contributed by atoms with Gasteiger partial charge in [-0.3, -0.25) is 0 Å². The molecule has 2 saturated carbocycles. The Kier molecular flexibility index (Phi) is 10.4. The summed E-state index contributed by atoms with van der Waals surface area (Å²) < 4.78 is 10.6. The molecule has 0 amide bonds. The van der Waals surface area contributed by atoms with Gasteiger partial charge in [0.1, 0.15) is 12.2 Å². The summed E-state index contributed by atoms with van der Waals surface area (Å²) in [5.74, 6) is -3.32. The van der Waals surface area contributed by atoms with Crippen molar-refractivity contribution in [3.05, 3.63) is 47.5 Å². The topological polar surface area (TPSA) is 127 Å². The molecule has 0 heterocycles. The van der Waals surface area contributed by atoms with Gasteiger partial charge in [-0.2, -0.15) is 0 Å². The smallest absolute Gasteiger partial charge is 0.336 e. The molecule has 2 aliphatic carbocycles. The molecule has 8 nitrogen and oxygen atoms in total. The molecule has 1 aromatic carbocycles. The quantitative estimate of drug-likeness (QED) is 0.487. The summed E-state index contributed by atoms with van der Waals surface area (Å²) in [6.45, 7) is 0. The summed E-state index contributed by atoms with van der Waals surface area (Å²) in [5.41, 5.74) is -0.380. The molecule has 0 radical (unpaired) electrons. The summed E-state index contributed by atoms with van der Waals surface area (Å²) in [4.78, 5) is 44.1. The van der Waals surface area contributed by atoms with E-state index in [1.165, 1.54) is 49.3 Å². The molecule has 0 spiro atoms. The van der Waals surface area contributed by atoms with Crippen LogP contribution in [0.25, 0.3) is 0 Å². The van der Waals surface area contributed by atoms with E-state index in [4.69, 9.17) is 19.7 Å². The first-order chi connectivity index (χ1) is 15.4. The lowest BCUT2D eigenvalue weighted by molar-refractivity contribution is -0.147. The molecule has 2 N–H and O–H groups in total. The number of hydrogen-bond acceptors (Lipinski definition) is 6. The van der Waals surface area contributed by atoms with Crippen LogP contribution in [-0.4, -0.2) is 46.3 Å². The van der Waals surface area contributed by atoms with E-state index >= 15 is 0 Å². The average molecular weight is 446 g/mol. The summed E-state index contributed by atoms with van der Waals surface area (Å²) in [5, 5.41) is 17.1. The maximum atomic E-state index is 11.6. The highest BCUT2D eigenvalue weighted by molar-refractivity contribution is 6.01. The number of ether oxygens (including phenoxy) is 2. The highest BCUT2D eigenvalue weighted by atomic mass is 16.5. The zero-order valence-electron chi connectivity index (χ0n) is 18.0. The Bertz CT molecular complexity index is 750. The molecular formula is C24H30O8. The monoisotopic (exact) mass is 446 g/mol. The van der Waals surface area contributed by atoms with E-state index in [2.05, 4.69) is 0 Å². The van der Waals surface area contributed by atoms with Gasteiger partial charge in [-0.1, -0.05) is 25.0 Å². The summed E-state index contributed by atoms with van der Waals surface area (Å²) in [7, 11) is 0. The van der Waals surface area contributed by atoms with Gasteiger partial charge in [-0.05, 0) is 63.5 Å². The van der Waals surface area contributed by atoms with Gasteiger partial charge in [0.2, 0.25) is 0 Å². The van der Waals surface area contributed by atoms with Crippen molar-refractivity contribution in [1.29, 1.82) is 0 Å². The van der Waals surface area contributed by atoms with E-state index in [9.17, 15) is 19.2 Å². The first kappa shape index (κ1) is 25.1. The number of carboxylic acid groups (broad SMARTS) is 2. The molecule has 0 atom stereocenters. The minimum absolute atomic E-state index is 0.0234. The van der Waals surface area contributed by atoms with Gasteiger partial charge in [-0.15, -0.1) is 0 Å². The van der Waals surface area contributed by atoms with Crippen LogP contribution in [0.5, 0.6) is 0 Å². The lowest BCUT2D eigenvalue weighted by Crippen LogP contribution is -2.21. The van der Waals surface area contributed by atoms with Crippen molar-refractivity contribution < 1.29 is 38.9 Å². The molecule has 174 valence electrons. The SMILES string of the molecule is O=C(/C=C\C(=O)OC1CCCCC1)OC1CCCCC1.O=C(O)c1ccccc1C(=O)O. The Labute approximate surface area is 187 Å². The van der Waals surface area contributed by atoms with Crippen molar-refractivity contribution >= 4 is 23.9 Å². The summed E-state index contributed by atoms with van der Waals surface area (Å²) in [6.07, 6.45) is 13.1. The van der Waals surface area contributed by atoms with E-state index in [1.54, 1.807) is 0 Å². The molecule has 2 fully saturated rings. The molecule has 8 heteroatoms. The highest BCUT2D eigenvalue weighted by Gasteiger charge is 2.18. The summed E-state index contributed by atoms with van der Waals surface area (Å²) >= 11 is 0. The third kappa shape index (κ3) is 8.91. The Morgan fingerprint density at radius 1 is 0.656 bits per heavy atom. The van der Waals surface area contributed by atoms with E-state index < -0.39 is 23.9 Å². The number of carboxylic acids is 2. The predicted molar refractivity (Wildman–Crippen MR) is 115 cm³/mol. The first-order valence-corrected chi connectivity index (χ1v) is 11.0. The van der Waals surface area contributed by atoms with Crippen LogP contribution < -0.4 is 0 Å². The fraction of sp³-hybridized carbons (Fsp3) is 0.500. The lowest BCUT2D eigenvalue weighted by atomic mass is 9.98. The molecule has 1 aromatic rings. The van der Waals surface area contributed by atoms with Crippen LogP contribution in [0, 0.1) is 0 Å². The number of benzene rings is 1. The van der Waals surface area contributed by atoms with Crippen LogP contribution >= 0.6 is 0 Å². The maximum Gasteiger partial charge on any atom is 0.336 e. The van der Waals surface area contributed by atoms with Crippen molar-refractivity contribution in [3.63, 3.8) is 0 Å². The largest absolute Gasteiger partial charge is 0.478 e. The molecule has 2 aliphatic rings. The van der Waals surface area contributed by atoms with Crippen LogP contribution in [0.15, 0.2) is 36.4 Å². The molecule has 0 unspecified atom stereocenters. The van der Waals surface area contributed by atoms with Gasteiger partial charge in [0.15, 0.2) is 0 Å². The second kappa shape index (κ2) is 13.3. The minimum Gasteiger partial charge on any atom is -0.478 e. The molecular weight excluding hydrogens is 416 g/mol. The van der Waals surface area contributed by atoms with Gasteiger partial charge >= 0.3 is 23.9 Å². The van der Waals surface area contributed by atoms with E-state index in [0.29, 0.717) is 0 Å². The second-order valence-electron chi connectivity index (χ2n) is 7.88. The van der Waals surface area contributed by atoms with Crippen LogP contribution in [0.3, 0.4) is 0 Å². The fourth-order valence-electron chi connectivity index (χ4n) is 3.77. The van der Waals surface area contributed by atoms with E-state index in [-0.39, 0.29) is 23.3 Å². The van der Waals surface area contributed by atoms with Crippen molar-refractivity contribution in [3.8, 4) is 0 Å². The summed E-state index contributed by atoms with van der Waals surface area (Å²) in [6, 6.07) is 5.48. The average Bonchev–Trinajstić information content (AvgIpc) is 2.79. The van der Waals surface area contributed by atoms with Gasteiger partial charge < -0.3 is 19.7 Å². The number of hydrogen-bond donors (Lipinski definition) is 2. The van der Waals surface area contributed by atoms with E-state index in [0.717, 1.165) is 51.4 Å². The van der Waals surface area contributed by atoms with Crippen LogP contribution in [-0.2, 0) is 19.1 Å². The molecule has 0 aromatic heterocycles. The van der Waals surface area contributed by atoms with Gasteiger partial charge in [0, 0.05) is 12.2 Å². The van der Waals surface area contributed by atoms with Crippen LogP contribution in [0.1, 0.15) is 84.9 Å². The second-order valence-corrected chi connectivity index (χ2v) is 7.88. The van der Waals surface area contributed by atoms with Gasteiger partial charge in [-0.25, -0.2) is 19.2 Å². The van der Waals surface area contributed by atoms with Crippen molar-refractivity contribution in [1.82, 2.24) is 0 Å². The number of rotatable bonds is 6. The zero-order chi connectivity index (χ0) is 23.3. The lowest BCUT2D eigenvalue weighted by Gasteiger charge is -2.21. The third-order valence-electron chi connectivity index (χ3n) is 5.41. The highest BCUT2D eigenvalue weighted by Crippen LogP contribution is 2.21. The Morgan fingerprint density at radius 3 is 1.31 bits per heavy atom. The molecule has 32 heavy (non-hydrogen) atoms. The normalized spacial score (nSPS) is 17.1. The molecule has 3 rings (SSSR count). The van der Waals surface area contributed by atoms with Gasteiger partial charge in [0.25, 0.3) is 0 Å². The van der Waals surface area contributed by atoms with E-state index in [1.807, 2.05) is 0 Å². The zero-order valence-corrected chi connectivity index (χ0v) is 18.0. The first-order valence-electron chi connectivity index (χ1n) is 11.0. The van der Waals surface area contributed by atoms with Crippen molar-refractivity contribution in [2.75, 3.05) is 0 Å². The van der Waals surface area contributed by atoms with Gasteiger partial charge in [0.05, 0.1) is 11.1 Å². The van der Waals surface area contributed by atoms with Crippen molar-refractivity contribution in [2.45, 2.75) is 76.4 Å². The number of esters is 2. The molecule has 0 saturated heterocycles. The standard InChI is InChI=1S/C16H24O4.C8H6O4/c17-15(19-13-7-3-1-4-8-13)11-12-16(18)20-14-9-5-2-6-10-14;9-7(10)5-3-1-2-4-6(5)8(11)12/h11-14H,1-10H2;1-4H,(H,9,10)(H,11,12)/b12-11-;. The fourth-order valence-corrected chi connectivity index (χ4v) is 3.77. The number of carbonyl (C=O) groups is 4. The molecule has 0 aliphatic heterocycles. The number of carbonyl (C=O) groups excluding carboxylic acids is 2. The molecule has 0 bridgehead atoms. The Hall–Kier alpha value is -3.16. The minimum atomic E-state index is -1.23. The predicted octanol–water partition coefficient (Wildman–Crippen LogP) is 4.38. The van der Waals surface area contributed by atoms with Crippen molar-refractivity contribution in [2.24, 2.45) is 0 Å². The number of aromatic carboxylic acids is 2. The maximum absolute atomic E-state index is 11.6.